The standard InChI is InChI=1S/C13H15N3O3/c1-7-14-10-5-4-9(6-11(10)15-7)12(13(18)19-3)16-8(2)17/h4-6,12H,1-3H3,(H,14,15)(H,16,17). The van der Waals surface area contributed by atoms with E-state index in [0.29, 0.717) is 5.56 Å². The number of fused-ring (bicyclic) bond motifs is 1. The fourth-order valence-corrected chi connectivity index (χ4v) is 1.93. The number of nitrogens with zero attached hydrogens (tertiary/aromatic N) is 1. The molecule has 0 saturated heterocycles. The summed E-state index contributed by atoms with van der Waals surface area (Å²) >= 11 is 0. The summed E-state index contributed by atoms with van der Waals surface area (Å²) in [6.45, 7) is 3.21. The molecule has 0 aliphatic rings. The Labute approximate surface area is 110 Å². The van der Waals surface area contributed by atoms with Gasteiger partial charge in [0.25, 0.3) is 0 Å². The van der Waals surface area contributed by atoms with Crippen molar-refractivity contribution < 1.29 is 14.3 Å². The summed E-state index contributed by atoms with van der Waals surface area (Å²) in [5.74, 6) is -0.0108. The molecule has 0 radical (unpaired) electrons. The first kappa shape index (κ1) is 13.1. The second-order valence-corrected chi connectivity index (χ2v) is 4.26. The molecule has 1 atom stereocenters. The van der Waals surface area contributed by atoms with Gasteiger partial charge in [-0.15, -0.1) is 0 Å². The van der Waals surface area contributed by atoms with Gasteiger partial charge in [0.05, 0.1) is 18.1 Å². The summed E-state index contributed by atoms with van der Waals surface area (Å²) in [6.07, 6.45) is 0. The van der Waals surface area contributed by atoms with Crippen molar-refractivity contribution in [3.63, 3.8) is 0 Å². The number of rotatable bonds is 3. The van der Waals surface area contributed by atoms with Crippen LogP contribution in [0, 0.1) is 6.92 Å². The van der Waals surface area contributed by atoms with Crippen molar-refractivity contribution in [2.45, 2.75) is 19.9 Å². The molecule has 0 bridgehead atoms. The summed E-state index contributed by atoms with van der Waals surface area (Å²) in [5, 5.41) is 2.57. The van der Waals surface area contributed by atoms with Gasteiger partial charge in [-0.05, 0) is 24.6 Å². The largest absolute Gasteiger partial charge is 0.467 e. The van der Waals surface area contributed by atoms with Gasteiger partial charge < -0.3 is 15.0 Å². The molecule has 2 aromatic rings. The minimum Gasteiger partial charge on any atom is -0.467 e. The number of nitrogens with one attached hydrogen (secondary N) is 2. The monoisotopic (exact) mass is 261 g/mol. The maximum Gasteiger partial charge on any atom is 0.333 e. The molecule has 0 fully saturated rings. The van der Waals surface area contributed by atoms with Crippen LogP contribution in [0.5, 0.6) is 0 Å². The van der Waals surface area contributed by atoms with Crippen molar-refractivity contribution in [1.82, 2.24) is 15.3 Å². The van der Waals surface area contributed by atoms with Gasteiger partial charge >= 0.3 is 5.97 Å². The predicted molar refractivity (Wildman–Crippen MR) is 69.4 cm³/mol. The first-order valence-electron chi connectivity index (χ1n) is 5.82. The summed E-state index contributed by atoms with van der Waals surface area (Å²) in [5.41, 5.74) is 2.28. The van der Waals surface area contributed by atoms with E-state index in [1.54, 1.807) is 18.2 Å². The van der Waals surface area contributed by atoms with E-state index in [1.165, 1.54) is 14.0 Å². The van der Waals surface area contributed by atoms with Gasteiger partial charge in [-0.2, -0.15) is 0 Å². The number of amides is 1. The molecule has 2 N–H and O–H groups in total. The average Bonchev–Trinajstić information content (AvgIpc) is 2.73. The zero-order chi connectivity index (χ0) is 14.0. The third-order valence-corrected chi connectivity index (χ3v) is 2.74. The number of carbonyl (C=O) groups excluding carboxylic acids is 2. The molecule has 6 heteroatoms. The highest BCUT2D eigenvalue weighted by molar-refractivity contribution is 5.86. The Balaban J connectivity index is 2.42. The molecule has 100 valence electrons. The zero-order valence-electron chi connectivity index (χ0n) is 11.0. The summed E-state index contributed by atoms with van der Waals surface area (Å²) in [4.78, 5) is 30.3. The third kappa shape index (κ3) is 2.73. The third-order valence-electron chi connectivity index (χ3n) is 2.74. The predicted octanol–water partition coefficient (Wildman–Crippen LogP) is 1.22. The van der Waals surface area contributed by atoms with Crippen molar-refractivity contribution in [1.29, 1.82) is 0 Å². The van der Waals surface area contributed by atoms with Crippen molar-refractivity contribution in [2.24, 2.45) is 0 Å². The van der Waals surface area contributed by atoms with Crippen molar-refractivity contribution in [3.8, 4) is 0 Å². The van der Waals surface area contributed by atoms with Crippen LogP contribution in [-0.4, -0.2) is 29.0 Å². The number of hydrogen-bond donors (Lipinski definition) is 2. The summed E-state index contributed by atoms with van der Waals surface area (Å²) < 4.78 is 4.71. The minimum absolute atomic E-state index is 0.295. The Bertz CT molecular complexity index is 633. The van der Waals surface area contributed by atoms with Crippen LogP contribution in [0.1, 0.15) is 24.4 Å². The SMILES string of the molecule is COC(=O)C(NC(C)=O)c1ccc2nc(C)[nH]c2c1. The van der Waals surface area contributed by atoms with E-state index in [-0.39, 0.29) is 5.91 Å². The lowest BCUT2D eigenvalue weighted by Crippen LogP contribution is -2.32. The highest BCUT2D eigenvalue weighted by atomic mass is 16.5. The highest BCUT2D eigenvalue weighted by Crippen LogP contribution is 2.20. The Kier molecular flexibility index (Phi) is 3.50. The van der Waals surface area contributed by atoms with Crippen molar-refractivity contribution >= 4 is 22.9 Å². The van der Waals surface area contributed by atoms with Gasteiger partial charge in [0, 0.05) is 6.92 Å². The Morgan fingerprint density at radius 1 is 1.42 bits per heavy atom. The number of esters is 1. The molecular formula is C13H15N3O3. The fourth-order valence-electron chi connectivity index (χ4n) is 1.93. The van der Waals surface area contributed by atoms with Crippen LogP contribution in [0.2, 0.25) is 0 Å². The van der Waals surface area contributed by atoms with E-state index >= 15 is 0 Å². The quantitative estimate of drug-likeness (QED) is 0.814. The van der Waals surface area contributed by atoms with Crippen molar-refractivity contribution in [3.05, 3.63) is 29.6 Å². The number of carbonyl (C=O) groups is 2. The van der Waals surface area contributed by atoms with Gasteiger partial charge in [0.1, 0.15) is 5.82 Å². The molecule has 0 aliphatic carbocycles. The molecule has 1 unspecified atom stereocenters. The smallest absolute Gasteiger partial charge is 0.333 e. The van der Waals surface area contributed by atoms with E-state index in [9.17, 15) is 9.59 Å². The van der Waals surface area contributed by atoms with Gasteiger partial charge in [-0.1, -0.05) is 6.07 Å². The van der Waals surface area contributed by atoms with E-state index in [4.69, 9.17) is 4.74 Å². The normalized spacial score (nSPS) is 12.2. The Morgan fingerprint density at radius 3 is 2.79 bits per heavy atom. The summed E-state index contributed by atoms with van der Waals surface area (Å²) in [6, 6.07) is 4.52. The number of aromatic amines is 1. The van der Waals surface area contributed by atoms with Crippen LogP contribution in [-0.2, 0) is 14.3 Å². The second kappa shape index (κ2) is 5.09. The number of aryl methyl sites for hydroxylation is 1. The molecule has 0 saturated carbocycles. The number of methoxy groups -OCH3 is 1. The molecule has 2 rings (SSSR count). The highest BCUT2D eigenvalue weighted by Gasteiger charge is 2.22. The number of aromatic nitrogens is 2. The first-order chi connectivity index (χ1) is 9.01. The number of benzene rings is 1. The van der Waals surface area contributed by atoms with Gasteiger partial charge in [-0.25, -0.2) is 9.78 Å². The number of hydrogen-bond acceptors (Lipinski definition) is 4. The maximum absolute atomic E-state index is 11.7. The lowest BCUT2D eigenvalue weighted by molar-refractivity contribution is -0.145. The van der Waals surface area contributed by atoms with Crippen LogP contribution < -0.4 is 5.32 Å². The van der Waals surface area contributed by atoms with Crippen LogP contribution in [0.15, 0.2) is 18.2 Å². The zero-order valence-corrected chi connectivity index (χ0v) is 11.0. The molecular weight excluding hydrogens is 246 g/mol. The van der Waals surface area contributed by atoms with Crippen LogP contribution in [0.25, 0.3) is 11.0 Å². The number of imidazole rings is 1. The average molecular weight is 261 g/mol. The number of H-pyrrole nitrogens is 1. The van der Waals surface area contributed by atoms with Crippen LogP contribution in [0.4, 0.5) is 0 Å². The molecule has 19 heavy (non-hydrogen) atoms. The van der Waals surface area contributed by atoms with Gasteiger partial charge in [0.2, 0.25) is 5.91 Å². The van der Waals surface area contributed by atoms with E-state index in [0.717, 1.165) is 16.9 Å². The molecule has 6 nitrogen and oxygen atoms in total. The molecule has 1 aromatic carbocycles. The lowest BCUT2D eigenvalue weighted by Gasteiger charge is -2.15. The second-order valence-electron chi connectivity index (χ2n) is 4.26. The van der Waals surface area contributed by atoms with Crippen LogP contribution in [0.3, 0.4) is 0 Å². The van der Waals surface area contributed by atoms with Gasteiger partial charge in [-0.3, -0.25) is 4.79 Å². The molecule has 0 aliphatic heterocycles. The summed E-state index contributed by atoms with van der Waals surface area (Å²) in [7, 11) is 1.29. The van der Waals surface area contributed by atoms with E-state index in [1.807, 2.05) is 6.92 Å². The minimum atomic E-state index is -0.810. The van der Waals surface area contributed by atoms with E-state index in [2.05, 4.69) is 15.3 Å². The fraction of sp³-hybridized carbons (Fsp3) is 0.308. The number of ether oxygens (including phenoxy) is 1. The lowest BCUT2D eigenvalue weighted by atomic mass is 10.1. The molecule has 1 heterocycles. The van der Waals surface area contributed by atoms with Crippen molar-refractivity contribution in [2.75, 3.05) is 7.11 Å². The van der Waals surface area contributed by atoms with Gasteiger partial charge in [0.15, 0.2) is 6.04 Å². The molecule has 1 aromatic heterocycles. The Hall–Kier alpha value is -2.37. The molecule has 1 amide bonds. The maximum atomic E-state index is 11.7. The van der Waals surface area contributed by atoms with E-state index < -0.39 is 12.0 Å². The topological polar surface area (TPSA) is 84.1 Å². The van der Waals surface area contributed by atoms with Crippen LogP contribution >= 0.6 is 0 Å². The molecule has 0 spiro atoms. The first-order valence-corrected chi connectivity index (χ1v) is 5.82. The Morgan fingerprint density at radius 2 is 2.16 bits per heavy atom.